The van der Waals surface area contributed by atoms with Gasteiger partial charge in [-0.15, -0.1) is 0 Å². The number of nitrogens with zero attached hydrogens (tertiary/aromatic N) is 1. The van der Waals surface area contributed by atoms with Crippen LogP contribution in [-0.2, 0) is 4.79 Å². The highest BCUT2D eigenvalue weighted by Gasteiger charge is 2.35. The van der Waals surface area contributed by atoms with Crippen molar-refractivity contribution in [2.75, 3.05) is 19.6 Å². The molecule has 0 spiro atoms. The van der Waals surface area contributed by atoms with Crippen LogP contribution in [0.15, 0.2) is 0 Å². The minimum absolute atomic E-state index is 0.319. The fourth-order valence-corrected chi connectivity index (χ4v) is 3.62. The van der Waals surface area contributed by atoms with Crippen LogP contribution in [0.25, 0.3) is 0 Å². The van der Waals surface area contributed by atoms with E-state index in [0.29, 0.717) is 17.1 Å². The van der Waals surface area contributed by atoms with E-state index in [9.17, 15) is 4.79 Å². The van der Waals surface area contributed by atoms with Gasteiger partial charge in [0.1, 0.15) is 5.78 Å². The van der Waals surface area contributed by atoms with Crippen molar-refractivity contribution >= 4 is 5.78 Å². The first kappa shape index (κ1) is 14.0. The SMILES string of the molecule is CC(C)C1CCC(=O)C(CN2CCC(C)(C)C2)C1. The molecule has 0 bridgehead atoms. The smallest absolute Gasteiger partial charge is 0.137 e. The van der Waals surface area contributed by atoms with Crippen molar-refractivity contribution in [1.82, 2.24) is 4.90 Å². The van der Waals surface area contributed by atoms with E-state index >= 15 is 0 Å². The molecule has 0 aromatic carbocycles. The number of rotatable bonds is 3. The highest BCUT2D eigenvalue weighted by Crippen LogP contribution is 2.34. The molecule has 2 nitrogen and oxygen atoms in total. The Bertz CT molecular complexity index is 308. The van der Waals surface area contributed by atoms with Crippen LogP contribution in [0.1, 0.15) is 53.4 Å². The maximum atomic E-state index is 12.1. The molecular weight excluding hydrogens is 222 g/mol. The highest BCUT2D eigenvalue weighted by atomic mass is 16.1. The molecule has 2 atom stereocenters. The zero-order valence-electron chi connectivity index (χ0n) is 12.5. The Morgan fingerprint density at radius 3 is 2.67 bits per heavy atom. The second-order valence-electron chi connectivity index (χ2n) is 7.59. The third kappa shape index (κ3) is 3.34. The van der Waals surface area contributed by atoms with Gasteiger partial charge in [-0.1, -0.05) is 27.7 Å². The van der Waals surface area contributed by atoms with Gasteiger partial charge in [0.25, 0.3) is 0 Å². The van der Waals surface area contributed by atoms with Crippen molar-refractivity contribution < 1.29 is 4.79 Å². The zero-order chi connectivity index (χ0) is 13.3. The number of hydrogen-bond acceptors (Lipinski definition) is 2. The van der Waals surface area contributed by atoms with Crippen molar-refractivity contribution in [3.63, 3.8) is 0 Å². The lowest BCUT2D eigenvalue weighted by Crippen LogP contribution is -2.37. The number of ketones is 1. The molecule has 1 saturated carbocycles. The molecule has 2 aliphatic rings. The fraction of sp³-hybridized carbons (Fsp3) is 0.938. The first-order valence-electron chi connectivity index (χ1n) is 7.62. The normalized spacial score (nSPS) is 33.3. The quantitative estimate of drug-likeness (QED) is 0.766. The molecule has 2 rings (SSSR count). The second kappa shape index (κ2) is 5.32. The lowest BCUT2D eigenvalue weighted by molar-refractivity contribution is -0.126. The number of carbonyl (C=O) groups is 1. The predicted molar refractivity (Wildman–Crippen MR) is 75.5 cm³/mol. The molecular formula is C16H29NO. The van der Waals surface area contributed by atoms with Crippen molar-refractivity contribution in [3.8, 4) is 0 Å². The first-order valence-corrected chi connectivity index (χ1v) is 7.62. The molecule has 18 heavy (non-hydrogen) atoms. The minimum atomic E-state index is 0.319. The molecule has 2 heteroatoms. The Hall–Kier alpha value is -0.370. The average molecular weight is 251 g/mol. The van der Waals surface area contributed by atoms with E-state index < -0.39 is 0 Å². The van der Waals surface area contributed by atoms with Crippen molar-refractivity contribution in [2.45, 2.75) is 53.4 Å². The molecule has 0 radical (unpaired) electrons. The van der Waals surface area contributed by atoms with Gasteiger partial charge in [-0.05, 0) is 43.1 Å². The summed E-state index contributed by atoms with van der Waals surface area (Å²) in [7, 11) is 0. The fourth-order valence-electron chi connectivity index (χ4n) is 3.62. The Morgan fingerprint density at radius 1 is 1.39 bits per heavy atom. The van der Waals surface area contributed by atoms with Gasteiger partial charge in [0, 0.05) is 25.4 Å². The average Bonchev–Trinajstić information content (AvgIpc) is 2.61. The lowest BCUT2D eigenvalue weighted by atomic mass is 9.75. The molecule has 1 aliphatic heterocycles. The van der Waals surface area contributed by atoms with Crippen molar-refractivity contribution in [3.05, 3.63) is 0 Å². The maximum absolute atomic E-state index is 12.1. The Labute approximate surface area is 112 Å². The summed E-state index contributed by atoms with van der Waals surface area (Å²) in [5, 5.41) is 0. The van der Waals surface area contributed by atoms with E-state index in [4.69, 9.17) is 0 Å². The van der Waals surface area contributed by atoms with Crippen molar-refractivity contribution in [1.29, 1.82) is 0 Å². The summed E-state index contributed by atoms with van der Waals surface area (Å²) >= 11 is 0. The van der Waals surface area contributed by atoms with Crippen LogP contribution < -0.4 is 0 Å². The van der Waals surface area contributed by atoms with Gasteiger partial charge >= 0.3 is 0 Å². The molecule has 0 amide bonds. The molecule has 104 valence electrons. The van der Waals surface area contributed by atoms with E-state index in [0.717, 1.165) is 37.6 Å². The number of carbonyl (C=O) groups excluding carboxylic acids is 1. The third-order valence-electron chi connectivity index (χ3n) is 4.98. The molecule has 0 aromatic rings. The van der Waals surface area contributed by atoms with Gasteiger partial charge in [0.05, 0.1) is 0 Å². The topological polar surface area (TPSA) is 20.3 Å². The summed E-state index contributed by atoms with van der Waals surface area (Å²) < 4.78 is 0. The molecule has 1 saturated heterocycles. The Kier molecular flexibility index (Phi) is 4.15. The van der Waals surface area contributed by atoms with Gasteiger partial charge < -0.3 is 4.90 Å². The van der Waals surface area contributed by atoms with E-state index in [1.54, 1.807) is 0 Å². The number of Topliss-reactive ketones (excluding diaryl/α,β-unsaturated/α-hetero) is 1. The van der Waals surface area contributed by atoms with Crippen LogP contribution in [0.2, 0.25) is 0 Å². The maximum Gasteiger partial charge on any atom is 0.137 e. The van der Waals surface area contributed by atoms with Gasteiger partial charge in [-0.2, -0.15) is 0 Å². The van der Waals surface area contributed by atoms with Gasteiger partial charge in [0.15, 0.2) is 0 Å². The second-order valence-corrected chi connectivity index (χ2v) is 7.59. The van der Waals surface area contributed by atoms with Gasteiger partial charge in [-0.3, -0.25) is 4.79 Å². The summed E-state index contributed by atoms with van der Waals surface area (Å²) in [6, 6.07) is 0. The summed E-state index contributed by atoms with van der Waals surface area (Å²) in [5.74, 6) is 2.34. The van der Waals surface area contributed by atoms with E-state index in [2.05, 4.69) is 32.6 Å². The summed E-state index contributed by atoms with van der Waals surface area (Å²) in [6.45, 7) is 12.7. The summed E-state index contributed by atoms with van der Waals surface area (Å²) in [6.07, 6.45) is 4.36. The van der Waals surface area contributed by atoms with Crippen molar-refractivity contribution in [2.24, 2.45) is 23.2 Å². The number of hydrogen-bond donors (Lipinski definition) is 0. The van der Waals surface area contributed by atoms with E-state index in [1.807, 2.05) is 0 Å². The van der Waals surface area contributed by atoms with Gasteiger partial charge in [0.2, 0.25) is 0 Å². The molecule has 0 N–H and O–H groups in total. The Balaban J connectivity index is 1.89. The van der Waals surface area contributed by atoms with E-state index in [-0.39, 0.29) is 0 Å². The van der Waals surface area contributed by atoms with E-state index in [1.165, 1.54) is 19.5 Å². The van der Waals surface area contributed by atoms with Crippen LogP contribution in [0.5, 0.6) is 0 Å². The molecule has 1 heterocycles. The number of likely N-dealkylation sites (tertiary alicyclic amines) is 1. The Morgan fingerprint density at radius 2 is 2.11 bits per heavy atom. The third-order valence-corrected chi connectivity index (χ3v) is 4.98. The molecule has 0 aromatic heterocycles. The summed E-state index contributed by atoms with van der Waals surface area (Å²) in [5.41, 5.74) is 0.454. The minimum Gasteiger partial charge on any atom is -0.302 e. The highest BCUT2D eigenvalue weighted by molar-refractivity contribution is 5.82. The molecule has 1 aliphatic carbocycles. The standard InChI is InChI=1S/C16H29NO/c1-12(2)13-5-6-15(18)14(9-13)10-17-8-7-16(3,4)11-17/h12-14H,5-11H2,1-4H3. The van der Waals surface area contributed by atoms with Crippen LogP contribution in [-0.4, -0.2) is 30.3 Å². The van der Waals surface area contributed by atoms with Crippen LogP contribution in [0.4, 0.5) is 0 Å². The van der Waals surface area contributed by atoms with Crippen LogP contribution >= 0.6 is 0 Å². The molecule has 2 unspecified atom stereocenters. The largest absolute Gasteiger partial charge is 0.302 e. The lowest BCUT2D eigenvalue weighted by Gasteiger charge is -2.33. The first-order chi connectivity index (χ1) is 8.37. The molecule has 2 fully saturated rings. The van der Waals surface area contributed by atoms with Crippen LogP contribution in [0.3, 0.4) is 0 Å². The van der Waals surface area contributed by atoms with Gasteiger partial charge in [-0.25, -0.2) is 0 Å². The summed E-state index contributed by atoms with van der Waals surface area (Å²) in [4.78, 5) is 14.6. The predicted octanol–water partition coefficient (Wildman–Crippen LogP) is 3.36. The monoisotopic (exact) mass is 251 g/mol. The zero-order valence-corrected chi connectivity index (χ0v) is 12.5. The van der Waals surface area contributed by atoms with Crippen LogP contribution in [0, 0.1) is 23.2 Å².